The largest absolute Gasteiger partial charge is 0.481 e. The van der Waals surface area contributed by atoms with Gasteiger partial charge < -0.3 is 19.6 Å². The topological polar surface area (TPSA) is 130 Å². The number of unbranched alkanes of at least 4 members (excludes halogenated alkanes) is 1. The first-order valence-corrected chi connectivity index (χ1v) is 11.2. The van der Waals surface area contributed by atoms with Crippen molar-refractivity contribution in [1.29, 1.82) is 0 Å². The summed E-state index contributed by atoms with van der Waals surface area (Å²) in [5.74, 6) is -1.72. The molecule has 2 amide bonds. The van der Waals surface area contributed by atoms with Gasteiger partial charge in [-0.3, -0.25) is 19.3 Å². The normalized spacial score (nSPS) is 11.5. The molecule has 3 aromatic rings. The molecule has 33 heavy (non-hydrogen) atoms. The van der Waals surface area contributed by atoms with Crippen molar-refractivity contribution in [2.24, 2.45) is 0 Å². The number of carboxylic acid groups (broad SMARTS) is 1. The van der Waals surface area contributed by atoms with Crippen molar-refractivity contribution in [3.63, 3.8) is 0 Å². The monoisotopic (exact) mass is 469 g/mol. The first-order valence-electron chi connectivity index (χ1n) is 10.3. The minimum atomic E-state index is -1.19. The Hall–Kier alpha value is -3.79. The van der Waals surface area contributed by atoms with E-state index in [0.29, 0.717) is 34.0 Å². The summed E-state index contributed by atoms with van der Waals surface area (Å²) in [5.41, 5.74) is 0.797. The smallest absolute Gasteiger partial charge is 0.305 e. The van der Waals surface area contributed by atoms with Crippen LogP contribution >= 0.6 is 11.3 Å². The first kappa shape index (κ1) is 23.9. The standard InChI is InChI=1S/C23H23N3O6S/c1-2-3-9-18(28)26(16(13-27)12-20(29)30)19-11-10-17(33-19)25-23(31)21-22(32-14-24-21)15-7-5-4-6-8-15/h4-8,10-11,13-14,16H,2-3,9,12H2,1H3,(H,25,31)(H,29,30). The molecule has 1 atom stereocenters. The van der Waals surface area contributed by atoms with Crippen LogP contribution in [0.25, 0.3) is 11.3 Å². The molecule has 1 unspecified atom stereocenters. The van der Waals surface area contributed by atoms with E-state index in [0.717, 1.165) is 17.8 Å². The van der Waals surface area contributed by atoms with E-state index in [4.69, 9.17) is 9.52 Å². The number of anilines is 2. The molecule has 2 heterocycles. The average Bonchev–Trinajstić information content (AvgIpc) is 3.47. The molecule has 0 fully saturated rings. The van der Waals surface area contributed by atoms with E-state index >= 15 is 0 Å². The van der Waals surface area contributed by atoms with Crippen LogP contribution in [0.1, 0.15) is 43.1 Å². The van der Waals surface area contributed by atoms with E-state index in [9.17, 15) is 19.2 Å². The van der Waals surface area contributed by atoms with Crippen LogP contribution in [0.2, 0.25) is 0 Å². The highest BCUT2D eigenvalue weighted by Crippen LogP contribution is 2.33. The molecule has 3 rings (SSSR count). The van der Waals surface area contributed by atoms with Gasteiger partial charge in [-0.2, -0.15) is 0 Å². The zero-order valence-corrected chi connectivity index (χ0v) is 18.7. The molecule has 0 bridgehead atoms. The molecule has 172 valence electrons. The van der Waals surface area contributed by atoms with Crippen molar-refractivity contribution in [3.05, 3.63) is 54.6 Å². The Kier molecular flexibility index (Phi) is 8.09. The highest BCUT2D eigenvalue weighted by atomic mass is 32.1. The third-order valence-corrected chi connectivity index (χ3v) is 5.77. The van der Waals surface area contributed by atoms with Gasteiger partial charge in [-0.25, -0.2) is 4.98 Å². The van der Waals surface area contributed by atoms with E-state index in [-0.39, 0.29) is 18.0 Å². The third kappa shape index (κ3) is 5.92. The lowest BCUT2D eigenvalue weighted by atomic mass is 10.1. The van der Waals surface area contributed by atoms with Crippen molar-refractivity contribution in [2.45, 2.75) is 38.6 Å². The summed E-state index contributed by atoms with van der Waals surface area (Å²) in [6.07, 6.45) is 2.69. The van der Waals surface area contributed by atoms with Gasteiger partial charge in [0.25, 0.3) is 5.91 Å². The zero-order chi connectivity index (χ0) is 23.8. The summed E-state index contributed by atoms with van der Waals surface area (Å²) in [6, 6.07) is 11.1. The van der Waals surface area contributed by atoms with E-state index in [1.54, 1.807) is 24.3 Å². The highest BCUT2D eigenvalue weighted by molar-refractivity contribution is 7.20. The summed E-state index contributed by atoms with van der Waals surface area (Å²) in [5, 5.41) is 12.7. The van der Waals surface area contributed by atoms with Crippen LogP contribution in [0, 0.1) is 0 Å². The molecular formula is C23H23N3O6S. The van der Waals surface area contributed by atoms with E-state index in [1.165, 1.54) is 11.3 Å². The molecule has 1 aromatic carbocycles. The Morgan fingerprint density at radius 1 is 1.21 bits per heavy atom. The van der Waals surface area contributed by atoms with Gasteiger partial charge in [0.2, 0.25) is 5.91 Å². The van der Waals surface area contributed by atoms with E-state index in [2.05, 4.69) is 10.3 Å². The molecule has 2 aromatic heterocycles. The van der Waals surface area contributed by atoms with Gasteiger partial charge in [-0.15, -0.1) is 11.3 Å². The predicted octanol–water partition coefficient (Wildman–Crippen LogP) is 4.22. The molecule has 0 radical (unpaired) electrons. The number of nitrogens with one attached hydrogen (secondary N) is 1. The number of carbonyl (C=O) groups is 4. The number of oxazole rings is 1. The van der Waals surface area contributed by atoms with Crippen LogP contribution in [-0.2, 0) is 14.4 Å². The van der Waals surface area contributed by atoms with Crippen molar-refractivity contribution in [2.75, 3.05) is 10.2 Å². The summed E-state index contributed by atoms with van der Waals surface area (Å²) >= 11 is 1.06. The fourth-order valence-electron chi connectivity index (χ4n) is 3.20. The summed E-state index contributed by atoms with van der Waals surface area (Å²) in [4.78, 5) is 53.6. The second-order valence-corrected chi connectivity index (χ2v) is 8.22. The number of hydrogen-bond donors (Lipinski definition) is 2. The second-order valence-electron chi connectivity index (χ2n) is 7.16. The Bertz CT molecular complexity index is 1120. The van der Waals surface area contributed by atoms with E-state index in [1.807, 2.05) is 25.1 Å². The Balaban J connectivity index is 1.82. The number of hydrogen-bond acceptors (Lipinski definition) is 7. The van der Waals surface area contributed by atoms with Gasteiger partial charge >= 0.3 is 5.97 Å². The first-order chi connectivity index (χ1) is 15.9. The second kappa shape index (κ2) is 11.2. The Morgan fingerprint density at radius 2 is 1.97 bits per heavy atom. The number of aromatic nitrogens is 1. The lowest BCUT2D eigenvalue weighted by Gasteiger charge is -2.26. The van der Waals surface area contributed by atoms with Gasteiger partial charge in [0.1, 0.15) is 17.3 Å². The van der Waals surface area contributed by atoms with Gasteiger partial charge in [-0.05, 0) is 18.6 Å². The highest BCUT2D eigenvalue weighted by Gasteiger charge is 2.28. The maximum absolute atomic E-state index is 12.8. The lowest BCUT2D eigenvalue weighted by molar-refractivity contribution is -0.138. The number of rotatable bonds is 11. The van der Waals surface area contributed by atoms with Gasteiger partial charge in [0, 0.05) is 12.0 Å². The Morgan fingerprint density at radius 3 is 2.64 bits per heavy atom. The molecule has 0 aliphatic carbocycles. The number of carbonyl (C=O) groups excluding carboxylic acids is 3. The number of aldehydes is 1. The lowest BCUT2D eigenvalue weighted by Crippen LogP contribution is -2.42. The molecule has 0 aliphatic heterocycles. The number of amides is 2. The van der Waals surface area contributed by atoms with Crippen molar-refractivity contribution in [3.8, 4) is 11.3 Å². The van der Waals surface area contributed by atoms with Crippen molar-refractivity contribution >= 4 is 45.4 Å². The minimum absolute atomic E-state index is 0.101. The number of nitrogens with zero attached hydrogens (tertiary/aromatic N) is 2. The molecule has 10 heteroatoms. The molecule has 2 N–H and O–H groups in total. The fourth-order valence-corrected chi connectivity index (χ4v) is 4.17. The summed E-state index contributed by atoms with van der Waals surface area (Å²) in [6.45, 7) is 1.93. The average molecular weight is 470 g/mol. The molecule has 0 saturated carbocycles. The van der Waals surface area contributed by atoms with Crippen LogP contribution < -0.4 is 10.2 Å². The van der Waals surface area contributed by atoms with Crippen LogP contribution in [0.3, 0.4) is 0 Å². The maximum atomic E-state index is 12.8. The molecule has 0 aliphatic rings. The zero-order valence-electron chi connectivity index (χ0n) is 17.9. The predicted molar refractivity (Wildman–Crippen MR) is 123 cm³/mol. The van der Waals surface area contributed by atoms with Gasteiger partial charge in [0.05, 0.1) is 11.4 Å². The van der Waals surface area contributed by atoms with Crippen LogP contribution in [0.4, 0.5) is 10.0 Å². The third-order valence-electron chi connectivity index (χ3n) is 4.77. The molecule has 0 spiro atoms. The van der Waals surface area contributed by atoms with Crippen LogP contribution in [-0.4, -0.2) is 40.2 Å². The Labute approximate surface area is 194 Å². The maximum Gasteiger partial charge on any atom is 0.305 e. The number of carboxylic acids is 1. The van der Waals surface area contributed by atoms with Crippen LogP contribution in [0.5, 0.6) is 0 Å². The summed E-state index contributed by atoms with van der Waals surface area (Å²) in [7, 11) is 0. The molecule has 0 saturated heterocycles. The number of thiophene rings is 1. The molecular weight excluding hydrogens is 446 g/mol. The number of aliphatic carboxylic acids is 1. The fraction of sp³-hybridized carbons (Fsp3) is 0.261. The minimum Gasteiger partial charge on any atom is -0.481 e. The van der Waals surface area contributed by atoms with E-state index < -0.39 is 24.3 Å². The summed E-state index contributed by atoms with van der Waals surface area (Å²) < 4.78 is 5.39. The molecule has 9 nitrogen and oxygen atoms in total. The van der Waals surface area contributed by atoms with Gasteiger partial charge in [0.15, 0.2) is 17.8 Å². The number of benzene rings is 1. The van der Waals surface area contributed by atoms with Crippen molar-refractivity contribution in [1.82, 2.24) is 4.98 Å². The van der Waals surface area contributed by atoms with Crippen LogP contribution in [0.15, 0.2) is 53.3 Å². The van der Waals surface area contributed by atoms with Gasteiger partial charge in [-0.1, -0.05) is 43.7 Å². The quantitative estimate of drug-likeness (QED) is 0.402. The SMILES string of the molecule is CCCCC(=O)N(c1ccc(NC(=O)c2ncoc2-c2ccccc2)s1)C(C=O)CC(=O)O. The van der Waals surface area contributed by atoms with Crippen molar-refractivity contribution < 1.29 is 28.7 Å².